The van der Waals surface area contributed by atoms with Crippen LogP contribution in [-0.2, 0) is 17.8 Å². The zero-order chi connectivity index (χ0) is 23.8. The first-order valence-electron chi connectivity index (χ1n) is 11.1. The van der Waals surface area contributed by atoms with E-state index in [2.05, 4.69) is 30.5 Å². The van der Waals surface area contributed by atoms with Crippen molar-refractivity contribution in [3.63, 3.8) is 0 Å². The molecule has 1 saturated heterocycles. The molecule has 178 valence electrons. The average Bonchev–Trinajstić information content (AvgIpc) is 2.84. The number of amides is 1. The predicted molar refractivity (Wildman–Crippen MR) is 122 cm³/mol. The highest BCUT2D eigenvalue weighted by molar-refractivity contribution is 5.78. The molecule has 4 rings (SSSR count). The van der Waals surface area contributed by atoms with Gasteiger partial charge in [-0.25, -0.2) is 19.3 Å². The maximum absolute atomic E-state index is 14.7. The summed E-state index contributed by atoms with van der Waals surface area (Å²) in [5.41, 5.74) is 2.15. The van der Waals surface area contributed by atoms with Gasteiger partial charge in [0, 0.05) is 56.7 Å². The fourth-order valence-corrected chi connectivity index (χ4v) is 3.63. The van der Waals surface area contributed by atoms with Crippen molar-refractivity contribution in [3.05, 3.63) is 71.9 Å². The lowest BCUT2D eigenvalue weighted by molar-refractivity contribution is -0.120. The van der Waals surface area contributed by atoms with Gasteiger partial charge in [-0.3, -0.25) is 9.69 Å². The number of halogens is 2. The molecule has 2 aromatic heterocycles. The van der Waals surface area contributed by atoms with Crippen molar-refractivity contribution in [3.8, 4) is 17.0 Å². The van der Waals surface area contributed by atoms with Crippen LogP contribution in [0.4, 0.5) is 8.78 Å². The third-order valence-electron chi connectivity index (χ3n) is 5.48. The number of hydrogen-bond donors (Lipinski definition) is 2. The van der Waals surface area contributed by atoms with E-state index in [1.165, 1.54) is 24.5 Å². The Hall–Kier alpha value is -3.50. The topological polar surface area (TPSA) is 92.3 Å². The molecule has 1 aliphatic heterocycles. The Bertz CT molecular complexity index is 1110. The summed E-state index contributed by atoms with van der Waals surface area (Å²) >= 11 is 0. The van der Waals surface area contributed by atoms with Gasteiger partial charge in [-0.1, -0.05) is 24.3 Å². The minimum atomic E-state index is -0.834. The van der Waals surface area contributed by atoms with Crippen molar-refractivity contribution < 1.29 is 18.3 Å². The van der Waals surface area contributed by atoms with Gasteiger partial charge in [0.2, 0.25) is 11.8 Å². The van der Waals surface area contributed by atoms with Gasteiger partial charge in [0.15, 0.2) is 0 Å². The normalized spacial score (nSPS) is 14.1. The van der Waals surface area contributed by atoms with Crippen LogP contribution in [0, 0.1) is 11.9 Å². The number of carbonyl (C=O) groups is 1. The fourth-order valence-electron chi connectivity index (χ4n) is 3.63. The molecule has 3 aromatic rings. The second-order valence-corrected chi connectivity index (χ2v) is 7.91. The molecule has 1 amide bonds. The number of ether oxygens (including phenoxy) is 1. The van der Waals surface area contributed by atoms with E-state index in [-0.39, 0.29) is 24.8 Å². The molecule has 1 aliphatic rings. The molecule has 34 heavy (non-hydrogen) atoms. The molecule has 8 nitrogen and oxygen atoms in total. The molecule has 2 N–H and O–H groups in total. The standard InChI is InChI=1S/C24H26F2N6O2/c25-21-14-23(34-12-11-32-9-7-27-8-10-32)30-16-20(21)18-3-1-17(2-4-18)13-22(33)29-15-19-5-6-28-24(26)31-19/h1-6,14,16,27H,7-13,15H2,(H,29,33). The van der Waals surface area contributed by atoms with Crippen molar-refractivity contribution in [1.29, 1.82) is 0 Å². The van der Waals surface area contributed by atoms with Crippen LogP contribution in [0.1, 0.15) is 11.3 Å². The average molecular weight is 469 g/mol. The van der Waals surface area contributed by atoms with Crippen molar-refractivity contribution in [2.75, 3.05) is 39.3 Å². The third-order valence-corrected chi connectivity index (χ3v) is 5.48. The number of nitrogens with one attached hydrogen (secondary N) is 2. The van der Waals surface area contributed by atoms with Crippen LogP contribution < -0.4 is 15.4 Å². The van der Waals surface area contributed by atoms with E-state index >= 15 is 0 Å². The Kier molecular flexibility index (Phi) is 8.05. The number of nitrogens with zero attached hydrogens (tertiary/aromatic N) is 4. The van der Waals surface area contributed by atoms with Gasteiger partial charge < -0.3 is 15.4 Å². The van der Waals surface area contributed by atoms with Crippen LogP contribution in [0.5, 0.6) is 5.88 Å². The number of hydrogen-bond acceptors (Lipinski definition) is 7. The lowest BCUT2D eigenvalue weighted by Gasteiger charge is -2.26. The lowest BCUT2D eigenvalue weighted by atomic mass is 10.0. The van der Waals surface area contributed by atoms with E-state index in [9.17, 15) is 13.6 Å². The first-order valence-corrected chi connectivity index (χ1v) is 11.1. The summed E-state index contributed by atoms with van der Waals surface area (Å²) in [4.78, 5) is 25.7. The van der Waals surface area contributed by atoms with Crippen LogP contribution in [-0.4, -0.2) is 65.1 Å². The summed E-state index contributed by atoms with van der Waals surface area (Å²) in [7, 11) is 0. The van der Waals surface area contributed by atoms with Gasteiger partial charge in [-0.2, -0.15) is 4.39 Å². The zero-order valence-electron chi connectivity index (χ0n) is 18.6. The Morgan fingerprint density at radius 2 is 1.91 bits per heavy atom. The summed E-state index contributed by atoms with van der Waals surface area (Å²) in [5.74, 6) is -0.398. The molecule has 3 heterocycles. The number of pyridine rings is 1. The molecule has 0 aliphatic carbocycles. The van der Waals surface area contributed by atoms with E-state index in [4.69, 9.17) is 4.74 Å². The van der Waals surface area contributed by atoms with E-state index < -0.39 is 11.9 Å². The zero-order valence-corrected chi connectivity index (χ0v) is 18.6. The number of piperazine rings is 1. The van der Waals surface area contributed by atoms with Gasteiger partial charge in [0.1, 0.15) is 12.4 Å². The molecule has 0 unspecified atom stereocenters. The first-order chi connectivity index (χ1) is 16.6. The minimum absolute atomic E-state index is 0.108. The second-order valence-electron chi connectivity index (χ2n) is 7.91. The maximum Gasteiger partial charge on any atom is 0.308 e. The molecule has 1 fully saturated rings. The maximum atomic E-state index is 14.7. The Labute approximate surface area is 196 Å². The number of carbonyl (C=O) groups excluding carboxylic acids is 1. The summed E-state index contributed by atoms with van der Waals surface area (Å²) in [6.45, 7) is 5.22. The third kappa shape index (κ3) is 6.75. The Morgan fingerprint density at radius 1 is 1.12 bits per heavy atom. The van der Waals surface area contributed by atoms with E-state index in [1.807, 2.05) is 0 Å². The molecular formula is C24H26F2N6O2. The molecular weight excluding hydrogens is 442 g/mol. The highest BCUT2D eigenvalue weighted by Gasteiger charge is 2.12. The summed E-state index contributed by atoms with van der Waals surface area (Å²) in [6, 6.07) is 9.84. The first kappa shape index (κ1) is 23.7. The van der Waals surface area contributed by atoms with Gasteiger partial charge in [-0.05, 0) is 17.2 Å². The monoisotopic (exact) mass is 468 g/mol. The number of benzene rings is 1. The Morgan fingerprint density at radius 3 is 2.65 bits per heavy atom. The van der Waals surface area contributed by atoms with Gasteiger partial charge in [0.25, 0.3) is 0 Å². The van der Waals surface area contributed by atoms with Crippen molar-refractivity contribution >= 4 is 5.91 Å². The molecule has 0 saturated carbocycles. The summed E-state index contributed by atoms with van der Waals surface area (Å²) in [6.07, 6.45) is 2.05. The largest absolute Gasteiger partial charge is 0.476 e. The van der Waals surface area contributed by atoms with Crippen LogP contribution in [0.25, 0.3) is 11.1 Å². The smallest absolute Gasteiger partial charge is 0.308 e. The van der Waals surface area contributed by atoms with E-state index in [0.29, 0.717) is 23.4 Å². The van der Waals surface area contributed by atoms with E-state index in [0.717, 1.165) is 38.3 Å². The highest BCUT2D eigenvalue weighted by atomic mass is 19.1. The van der Waals surface area contributed by atoms with Gasteiger partial charge >= 0.3 is 6.08 Å². The molecule has 10 heteroatoms. The fraction of sp³-hybridized carbons (Fsp3) is 0.333. The molecule has 0 atom stereocenters. The van der Waals surface area contributed by atoms with Crippen LogP contribution in [0.3, 0.4) is 0 Å². The summed E-state index contributed by atoms with van der Waals surface area (Å²) < 4.78 is 33.3. The molecule has 1 aromatic carbocycles. The number of aromatic nitrogens is 3. The van der Waals surface area contributed by atoms with Gasteiger partial charge in [-0.15, -0.1) is 0 Å². The van der Waals surface area contributed by atoms with Gasteiger partial charge in [0.05, 0.1) is 18.7 Å². The number of rotatable bonds is 9. The Balaban J connectivity index is 1.28. The SMILES string of the molecule is O=C(Cc1ccc(-c2cnc(OCCN3CCNCC3)cc2F)cc1)NCc1ccnc(F)n1. The van der Waals surface area contributed by atoms with Crippen molar-refractivity contribution in [2.24, 2.45) is 0 Å². The quantitative estimate of drug-likeness (QED) is 0.464. The summed E-state index contributed by atoms with van der Waals surface area (Å²) in [5, 5.41) is 5.99. The van der Waals surface area contributed by atoms with Crippen LogP contribution in [0.15, 0.2) is 48.8 Å². The predicted octanol–water partition coefficient (Wildman–Crippen LogP) is 1.96. The van der Waals surface area contributed by atoms with Crippen molar-refractivity contribution in [2.45, 2.75) is 13.0 Å². The second kappa shape index (κ2) is 11.6. The van der Waals surface area contributed by atoms with Crippen LogP contribution in [0.2, 0.25) is 0 Å². The van der Waals surface area contributed by atoms with Crippen molar-refractivity contribution in [1.82, 2.24) is 30.5 Å². The molecule has 0 bridgehead atoms. The van der Waals surface area contributed by atoms with Crippen LogP contribution >= 0.6 is 0 Å². The minimum Gasteiger partial charge on any atom is -0.476 e. The van der Waals surface area contributed by atoms with E-state index in [1.54, 1.807) is 24.3 Å². The lowest BCUT2D eigenvalue weighted by Crippen LogP contribution is -2.44. The highest BCUT2D eigenvalue weighted by Crippen LogP contribution is 2.25. The molecule has 0 radical (unpaired) electrons. The molecule has 0 spiro atoms.